The van der Waals surface area contributed by atoms with Gasteiger partial charge in [0.25, 0.3) is 0 Å². The van der Waals surface area contributed by atoms with Crippen LogP contribution in [0.4, 0.5) is 11.4 Å². The van der Waals surface area contributed by atoms with Crippen LogP contribution in [0.5, 0.6) is 5.75 Å². The number of carbonyl (C=O) groups excluding carboxylic acids is 1. The molecule has 2 aromatic rings. The third-order valence-electron chi connectivity index (χ3n) is 4.38. The van der Waals surface area contributed by atoms with E-state index < -0.39 is 10.0 Å². The zero-order valence-corrected chi connectivity index (χ0v) is 17.6. The molecule has 0 saturated heterocycles. The standard InChI is InChI=1S/C21H28N2O4S/c1-16(2)17-11-13-18(14-12-17)22-21(24)10-7-15-23(28(4,25)26)19-8-5-6-9-20(19)27-3/h5-6,8-9,11-14,16H,7,10,15H2,1-4H3,(H,22,24). The third kappa shape index (κ3) is 5.99. The molecule has 0 unspecified atom stereocenters. The minimum Gasteiger partial charge on any atom is -0.495 e. The SMILES string of the molecule is COc1ccccc1N(CCCC(=O)Nc1ccc(C(C)C)cc1)S(C)(=O)=O. The van der Waals surface area contributed by atoms with Crippen molar-refractivity contribution in [2.75, 3.05) is 29.5 Å². The van der Waals surface area contributed by atoms with Gasteiger partial charge in [0, 0.05) is 18.7 Å². The van der Waals surface area contributed by atoms with E-state index in [0.29, 0.717) is 23.8 Å². The van der Waals surface area contributed by atoms with Crippen molar-refractivity contribution in [1.29, 1.82) is 0 Å². The number of para-hydroxylation sites is 2. The molecule has 0 spiro atoms. The fourth-order valence-electron chi connectivity index (χ4n) is 2.86. The minimum atomic E-state index is -3.50. The fraction of sp³-hybridized carbons (Fsp3) is 0.381. The number of carbonyl (C=O) groups is 1. The largest absolute Gasteiger partial charge is 0.495 e. The first-order valence-corrected chi connectivity index (χ1v) is 11.1. The Labute approximate surface area is 167 Å². The first-order chi connectivity index (χ1) is 13.2. The van der Waals surface area contributed by atoms with Gasteiger partial charge in [-0.1, -0.05) is 38.1 Å². The van der Waals surface area contributed by atoms with Crippen LogP contribution in [0, 0.1) is 0 Å². The maximum atomic E-state index is 12.2. The van der Waals surface area contributed by atoms with E-state index >= 15 is 0 Å². The minimum absolute atomic E-state index is 0.147. The molecule has 0 bridgehead atoms. The quantitative estimate of drug-likeness (QED) is 0.685. The van der Waals surface area contributed by atoms with Crippen molar-refractivity contribution >= 4 is 27.3 Å². The van der Waals surface area contributed by atoms with Crippen molar-refractivity contribution in [3.63, 3.8) is 0 Å². The maximum absolute atomic E-state index is 12.2. The molecule has 0 aromatic heterocycles. The summed E-state index contributed by atoms with van der Waals surface area (Å²) in [5, 5.41) is 2.85. The van der Waals surface area contributed by atoms with E-state index in [4.69, 9.17) is 4.74 Å². The average molecular weight is 405 g/mol. The summed E-state index contributed by atoms with van der Waals surface area (Å²) in [5.41, 5.74) is 2.41. The molecule has 152 valence electrons. The average Bonchev–Trinajstić information content (AvgIpc) is 2.64. The first kappa shape index (κ1) is 21.8. The van der Waals surface area contributed by atoms with Crippen molar-refractivity contribution in [2.24, 2.45) is 0 Å². The molecule has 0 aliphatic carbocycles. The van der Waals surface area contributed by atoms with Gasteiger partial charge in [0.2, 0.25) is 15.9 Å². The van der Waals surface area contributed by atoms with Crippen molar-refractivity contribution in [3.8, 4) is 5.75 Å². The molecule has 1 amide bonds. The Kier molecular flexibility index (Phi) is 7.45. The van der Waals surface area contributed by atoms with Crippen LogP contribution in [-0.4, -0.2) is 34.2 Å². The van der Waals surface area contributed by atoms with Crippen LogP contribution >= 0.6 is 0 Å². The van der Waals surface area contributed by atoms with E-state index in [1.807, 2.05) is 24.3 Å². The molecule has 7 heteroatoms. The smallest absolute Gasteiger partial charge is 0.232 e. The second kappa shape index (κ2) is 9.59. The highest BCUT2D eigenvalue weighted by atomic mass is 32.2. The lowest BCUT2D eigenvalue weighted by molar-refractivity contribution is -0.116. The van der Waals surface area contributed by atoms with E-state index in [2.05, 4.69) is 19.2 Å². The maximum Gasteiger partial charge on any atom is 0.232 e. The molecule has 6 nitrogen and oxygen atoms in total. The number of ether oxygens (including phenoxy) is 1. The Morgan fingerprint density at radius 1 is 1.11 bits per heavy atom. The van der Waals surface area contributed by atoms with Gasteiger partial charge in [-0.3, -0.25) is 9.10 Å². The van der Waals surface area contributed by atoms with E-state index in [1.165, 1.54) is 17.0 Å². The van der Waals surface area contributed by atoms with E-state index in [1.54, 1.807) is 24.3 Å². The molecule has 0 heterocycles. The normalized spacial score (nSPS) is 11.3. The Balaban J connectivity index is 1.97. The summed E-state index contributed by atoms with van der Waals surface area (Å²) < 4.78 is 31.0. The van der Waals surface area contributed by atoms with Crippen LogP contribution in [-0.2, 0) is 14.8 Å². The summed E-state index contributed by atoms with van der Waals surface area (Å²) in [6, 6.07) is 14.7. The molecule has 2 rings (SSSR count). The van der Waals surface area contributed by atoms with Crippen LogP contribution in [0.3, 0.4) is 0 Å². The van der Waals surface area contributed by atoms with Crippen molar-refractivity contribution in [3.05, 3.63) is 54.1 Å². The molecule has 28 heavy (non-hydrogen) atoms. The highest BCUT2D eigenvalue weighted by Crippen LogP contribution is 2.29. The van der Waals surface area contributed by atoms with E-state index in [0.717, 1.165) is 11.9 Å². The summed E-state index contributed by atoms with van der Waals surface area (Å²) >= 11 is 0. The number of sulfonamides is 1. The molecule has 0 saturated carbocycles. The summed E-state index contributed by atoms with van der Waals surface area (Å²) in [5.74, 6) is 0.759. The summed E-state index contributed by atoms with van der Waals surface area (Å²) in [6.45, 7) is 4.42. The van der Waals surface area contributed by atoms with Crippen molar-refractivity contribution in [1.82, 2.24) is 0 Å². The van der Waals surface area contributed by atoms with E-state index in [9.17, 15) is 13.2 Å². The molecule has 0 aliphatic rings. The van der Waals surface area contributed by atoms with Crippen molar-refractivity contribution in [2.45, 2.75) is 32.6 Å². The van der Waals surface area contributed by atoms with Gasteiger partial charge >= 0.3 is 0 Å². The lowest BCUT2D eigenvalue weighted by Gasteiger charge is -2.24. The van der Waals surface area contributed by atoms with Gasteiger partial charge in [-0.2, -0.15) is 0 Å². The predicted octanol–water partition coefficient (Wildman–Crippen LogP) is 4.00. The summed E-state index contributed by atoms with van der Waals surface area (Å²) in [7, 11) is -2.00. The van der Waals surface area contributed by atoms with Crippen LogP contribution in [0.15, 0.2) is 48.5 Å². The second-order valence-electron chi connectivity index (χ2n) is 6.94. The Hall–Kier alpha value is -2.54. The highest BCUT2D eigenvalue weighted by molar-refractivity contribution is 7.92. The molecule has 2 aromatic carbocycles. The highest BCUT2D eigenvalue weighted by Gasteiger charge is 2.20. The zero-order chi connectivity index (χ0) is 20.7. The van der Waals surface area contributed by atoms with Gasteiger partial charge in [-0.25, -0.2) is 8.42 Å². The van der Waals surface area contributed by atoms with Gasteiger partial charge in [0.05, 0.1) is 19.1 Å². The van der Waals surface area contributed by atoms with Gasteiger partial charge < -0.3 is 10.1 Å². The van der Waals surface area contributed by atoms with E-state index in [-0.39, 0.29) is 18.9 Å². The Bertz CT molecular complexity index is 893. The fourth-order valence-corrected chi connectivity index (χ4v) is 3.83. The first-order valence-electron chi connectivity index (χ1n) is 9.23. The number of anilines is 2. The molecule has 0 atom stereocenters. The van der Waals surface area contributed by atoms with Gasteiger partial charge in [-0.15, -0.1) is 0 Å². The van der Waals surface area contributed by atoms with Crippen LogP contribution < -0.4 is 14.4 Å². The molecule has 0 aliphatic heterocycles. The number of nitrogens with one attached hydrogen (secondary N) is 1. The number of hydrogen-bond donors (Lipinski definition) is 1. The van der Waals surface area contributed by atoms with Gasteiger partial charge in [-0.05, 0) is 42.2 Å². The van der Waals surface area contributed by atoms with Crippen LogP contribution in [0.25, 0.3) is 0 Å². The number of rotatable bonds is 9. The topological polar surface area (TPSA) is 75.7 Å². The molecule has 0 radical (unpaired) electrons. The Morgan fingerprint density at radius 3 is 2.32 bits per heavy atom. The number of methoxy groups -OCH3 is 1. The summed E-state index contributed by atoms with van der Waals surface area (Å²) in [4.78, 5) is 12.2. The number of nitrogens with zero attached hydrogens (tertiary/aromatic N) is 1. The monoisotopic (exact) mass is 404 g/mol. The van der Waals surface area contributed by atoms with Crippen LogP contribution in [0.1, 0.15) is 38.2 Å². The third-order valence-corrected chi connectivity index (χ3v) is 5.56. The molecular formula is C21H28N2O4S. The Morgan fingerprint density at radius 2 is 1.75 bits per heavy atom. The summed E-state index contributed by atoms with van der Waals surface area (Å²) in [6.07, 6.45) is 1.75. The predicted molar refractivity (Wildman–Crippen MR) is 114 cm³/mol. The number of hydrogen-bond acceptors (Lipinski definition) is 4. The van der Waals surface area contributed by atoms with Crippen LogP contribution in [0.2, 0.25) is 0 Å². The molecule has 0 fully saturated rings. The second-order valence-corrected chi connectivity index (χ2v) is 8.84. The lowest BCUT2D eigenvalue weighted by Crippen LogP contribution is -2.31. The lowest BCUT2D eigenvalue weighted by atomic mass is 10.0. The molecular weight excluding hydrogens is 376 g/mol. The number of benzene rings is 2. The molecule has 1 N–H and O–H groups in total. The number of amides is 1. The van der Waals surface area contributed by atoms with Crippen molar-refractivity contribution < 1.29 is 17.9 Å². The van der Waals surface area contributed by atoms with Gasteiger partial charge in [0.15, 0.2) is 0 Å². The van der Waals surface area contributed by atoms with Gasteiger partial charge in [0.1, 0.15) is 5.75 Å². The zero-order valence-electron chi connectivity index (χ0n) is 16.8.